The number of rotatable bonds is 5. The van der Waals surface area contributed by atoms with Crippen molar-refractivity contribution in [1.29, 1.82) is 0 Å². The van der Waals surface area contributed by atoms with Crippen LogP contribution in [0.25, 0.3) is 0 Å². The molecule has 8 heteroatoms. The third-order valence-electron chi connectivity index (χ3n) is 4.03. The molecule has 1 aromatic carbocycles. The fraction of sp³-hybridized carbons (Fsp3) is 0.294. The number of methoxy groups -OCH3 is 1. The van der Waals surface area contributed by atoms with Gasteiger partial charge >= 0.3 is 0 Å². The van der Waals surface area contributed by atoms with Crippen molar-refractivity contribution in [1.82, 2.24) is 15.3 Å². The van der Waals surface area contributed by atoms with Gasteiger partial charge in [0.05, 0.1) is 30.3 Å². The molecule has 1 aliphatic rings. The Bertz CT molecular complexity index is 785. The topological polar surface area (TPSA) is 84.4 Å². The highest BCUT2D eigenvalue weighted by molar-refractivity contribution is 6.32. The number of amides is 2. The first-order chi connectivity index (χ1) is 12.1. The van der Waals surface area contributed by atoms with E-state index >= 15 is 0 Å². The predicted molar refractivity (Wildman–Crippen MR) is 92.3 cm³/mol. The number of hydrogen-bond acceptors (Lipinski definition) is 5. The van der Waals surface area contributed by atoms with Gasteiger partial charge in [0, 0.05) is 24.8 Å². The van der Waals surface area contributed by atoms with Crippen LogP contribution >= 0.6 is 11.6 Å². The van der Waals surface area contributed by atoms with Crippen molar-refractivity contribution in [2.75, 3.05) is 18.6 Å². The summed E-state index contributed by atoms with van der Waals surface area (Å²) in [5.74, 6) is -0.149. The number of benzene rings is 1. The Morgan fingerprint density at radius 1 is 1.44 bits per heavy atom. The first-order valence-electron chi connectivity index (χ1n) is 7.75. The van der Waals surface area contributed by atoms with Crippen LogP contribution in [0, 0.1) is 5.92 Å². The Balaban J connectivity index is 1.63. The highest BCUT2D eigenvalue weighted by Gasteiger charge is 2.35. The van der Waals surface area contributed by atoms with Crippen LogP contribution in [0.4, 0.5) is 5.69 Å². The van der Waals surface area contributed by atoms with Crippen molar-refractivity contribution in [3.63, 3.8) is 0 Å². The number of carbonyl (C=O) groups is 2. The monoisotopic (exact) mass is 360 g/mol. The minimum absolute atomic E-state index is 0.108. The number of carbonyl (C=O) groups excluding carboxylic acids is 2. The molecular weight excluding hydrogens is 344 g/mol. The molecule has 1 unspecified atom stereocenters. The zero-order chi connectivity index (χ0) is 17.8. The maximum Gasteiger partial charge on any atom is 0.227 e. The highest BCUT2D eigenvalue weighted by Crippen LogP contribution is 2.32. The number of halogens is 1. The molecule has 1 aliphatic heterocycles. The Morgan fingerprint density at radius 3 is 2.96 bits per heavy atom. The molecule has 0 aliphatic carbocycles. The lowest BCUT2D eigenvalue weighted by Crippen LogP contribution is -2.32. The number of hydrogen-bond donors (Lipinski definition) is 1. The second-order valence-corrected chi connectivity index (χ2v) is 6.05. The molecule has 130 valence electrons. The largest absolute Gasteiger partial charge is 0.495 e. The third kappa shape index (κ3) is 3.88. The molecule has 1 atom stereocenters. The van der Waals surface area contributed by atoms with Gasteiger partial charge in [-0.3, -0.25) is 9.59 Å². The molecule has 0 radical (unpaired) electrons. The number of aromatic nitrogens is 2. The average Bonchev–Trinajstić information content (AvgIpc) is 3.02. The van der Waals surface area contributed by atoms with Crippen LogP contribution in [-0.2, 0) is 16.1 Å². The van der Waals surface area contributed by atoms with Crippen molar-refractivity contribution in [3.8, 4) is 5.75 Å². The summed E-state index contributed by atoms with van der Waals surface area (Å²) in [7, 11) is 1.53. The van der Waals surface area contributed by atoms with Gasteiger partial charge in [0.1, 0.15) is 12.1 Å². The van der Waals surface area contributed by atoms with Gasteiger partial charge in [-0.05, 0) is 24.3 Å². The molecule has 25 heavy (non-hydrogen) atoms. The number of ether oxygens (including phenoxy) is 1. The summed E-state index contributed by atoms with van der Waals surface area (Å²) in [5.41, 5.74) is 1.37. The van der Waals surface area contributed by atoms with Crippen LogP contribution in [0.15, 0.2) is 36.8 Å². The SMILES string of the molecule is COc1ccc(N2CC(C(=O)NCc3ccncn3)CC2=O)cc1Cl. The molecule has 1 saturated heterocycles. The van der Waals surface area contributed by atoms with Gasteiger partial charge in [-0.1, -0.05) is 11.6 Å². The van der Waals surface area contributed by atoms with E-state index in [1.54, 1.807) is 35.4 Å². The van der Waals surface area contributed by atoms with Crippen molar-refractivity contribution in [3.05, 3.63) is 47.5 Å². The van der Waals surface area contributed by atoms with Gasteiger partial charge in [-0.15, -0.1) is 0 Å². The van der Waals surface area contributed by atoms with Crippen molar-refractivity contribution in [2.45, 2.75) is 13.0 Å². The molecule has 1 aromatic heterocycles. The summed E-state index contributed by atoms with van der Waals surface area (Å²) >= 11 is 6.12. The predicted octanol–water partition coefficient (Wildman–Crippen LogP) is 1.81. The lowest BCUT2D eigenvalue weighted by molar-refractivity contribution is -0.126. The molecule has 0 saturated carbocycles. The minimum atomic E-state index is -0.407. The Kier molecular flexibility index (Phi) is 5.14. The van der Waals surface area contributed by atoms with E-state index in [9.17, 15) is 9.59 Å². The molecule has 2 aromatic rings. The van der Waals surface area contributed by atoms with E-state index < -0.39 is 5.92 Å². The molecule has 2 amide bonds. The van der Waals surface area contributed by atoms with E-state index in [1.807, 2.05) is 0 Å². The quantitative estimate of drug-likeness (QED) is 0.879. The standard InChI is InChI=1S/C17H17ClN4O3/c1-25-15-3-2-13(7-14(15)18)22-9-11(6-16(22)23)17(24)20-8-12-4-5-19-10-21-12/h2-5,7,10-11H,6,8-9H2,1H3,(H,20,24). The summed E-state index contributed by atoms with van der Waals surface area (Å²) < 4.78 is 5.11. The van der Waals surface area contributed by atoms with E-state index in [0.717, 1.165) is 0 Å². The first-order valence-corrected chi connectivity index (χ1v) is 8.13. The fourth-order valence-corrected chi connectivity index (χ4v) is 2.95. The Hall–Kier alpha value is -2.67. The third-order valence-corrected chi connectivity index (χ3v) is 4.33. The maximum absolute atomic E-state index is 12.3. The molecule has 1 N–H and O–H groups in total. The molecule has 0 bridgehead atoms. The zero-order valence-electron chi connectivity index (χ0n) is 13.6. The van der Waals surface area contributed by atoms with Gasteiger partial charge in [-0.2, -0.15) is 0 Å². The van der Waals surface area contributed by atoms with Crippen LogP contribution in [0.1, 0.15) is 12.1 Å². The molecule has 7 nitrogen and oxygen atoms in total. The Morgan fingerprint density at radius 2 is 2.28 bits per heavy atom. The zero-order valence-corrected chi connectivity index (χ0v) is 14.4. The van der Waals surface area contributed by atoms with Gasteiger partial charge in [-0.25, -0.2) is 9.97 Å². The van der Waals surface area contributed by atoms with E-state index in [4.69, 9.17) is 16.3 Å². The highest BCUT2D eigenvalue weighted by atomic mass is 35.5. The van der Waals surface area contributed by atoms with E-state index in [-0.39, 0.29) is 18.2 Å². The first kappa shape index (κ1) is 17.2. The smallest absolute Gasteiger partial charge is 0.227 e. The lowest BCUT2D eigenvalue weighted by Gasteiger charge is -2.17. The van der Waals surface area contributed by atoms with Gasteiger partial charge in [0.25, 0.3) is 0 Å². The normalized spacial score (nSPS) is 16.8. The van der Waals surface area contributed by atoms with Crippen molar-refractivity contribution < 1.29 is 14.3 Å². The lowest BCUT2D eigenvalue weighted by atomic mass is 10.1. The summed E-state index contributed by atoms with van der Waals surface area (Å²) in [6, 6.07) is 6.85. The molecule has 0 spiro atoms. The van der Waals surface area contributed by atoms with Gasteiger partial charge in [0.15, 0.2) is 0 Å². The van der Waals surface area contributed by atoms with Crippen LogP contribution in [0.5, 0.6) is 5.75 Å². The average molecular weight is 361 g/mol. The van der Waals surface area contributed by atoms with Crippen molar-refractivity contribution >= 4 is 29.1 Å². The van der Waals surface area contributed by atoms with Gasteiger partial charge < -0.3 is 15.0 Å². The second-order valence-electron chi connectivity index (χ2n) is 5.64. The van der Waals surface area contributed by atoms with Crippen molar-refractivity contribution in [2.24, 2.45) is 5.92 Å². The number of anilines is 1. The summed E-state index contributed by atoms with van der Waals surface area (Å²) in [4.78, 5) is 34.1. The number of nitrogens with zero attached hydrogens (tertiary/aromatic N) is 3. The molecule has 2 heterocycles. The maximum atomic E-state index is 12.3. The van der Waals surface area contributed by atoms with Crippen LogP contribution < -0.4 is 15.0 Å². The van der Waals surface area contributed by atoms with Crippen LogP contribution in [0.3, 0.4) is 0 Å². The molecular formula is C17H17ClN4O3. The van der Waals surface area contributed by atoms with Gasteiger partial charge in [0.2, 0.25) is 11.8 Å². The summed E-state index contributed by atoms with van der Waals surface area (Å²) in [5, 5.41) is 3.23. The van der Waals surface area contributed by atoms with Crippen LogP contribution in [0.2, 0.25) is 5.02 Å². The van der Waals surface area contributed by atoms with E-state index in [0.29, 0.717) is 35.2 Å². The molecule has 1 fully saturated rings. The van der Waals surface area contributed by atoms with E-state index in [1.165, 1.54) is 13.4 Å². The fourth-order valence-electron chi connectivity index (χ4n) is 2.70. The summed E-state index contributed by atoms with van der Waals surface area (Å²) in [6.07, 6.45) is 3.21. The Labute approximate surface area is 150 Å². The molecule has 3 rings (SSSR count). The minimum Gasteiger partial charge on any atom is -0.495 e. The van der Waals surface area contributed by atoms with E-state index in [2.05, 4.69) is 15.3 Å². The van der Waals surface area contributed by atoms with Crippen LogP contribution in [-0.4, -0.2) is 35.4 Å². The second kappa shape index (κ2) is 7.48. The number of nitrogens with one attached hydrogen (secondary N) is 1. The summed E-state index contributed by atoms with van der Waals surface area (Å²) in [6.45, 7) is 0.623.